The van der Waals surface area contributed by atoms with Crippen LogP contribution in [-0.2, 0) is 9.53 Å². The molecule has 1 saturated carbocycles. The molecule has 1 aromatic carbocycles. The number of carboxylic acid groups (broad SMARTS) is 1. The SMILES string of the molecule is CCC(C)(C)C1CCC2(OC2(CC)C(=O)Nc2cccc(C(=O)O)c2)C(C(C)(C)CC)C1. The molecule has 1 aromatic rings. The molecule has 5 nitrogen and oxygen atoms in total. The molecule has 0 radical (unpaired) electrons. The normalized spacial score (nSPS) is 30.2. The fourth-order valence-electron chi connectivity index (χ4n) is 5.97. The van der Waals surface area contributed by atoms with E-state index in [1.807, 2.05) is 6.92 Å². The summed E-state index contributed by atoms with van der Waals surface area (Å²) in [6.45, 7) is 15.9. The molecule has 1 spiro atoms. The van der Waals surface area contributed by atoms with E-state index in [1.165, 1.54) is 12.1 Å². The highest BCUT2D eigenvalue weighted by molar-refractivity contribution is 6.01. The average molecular weight is 444 g/mol. The van der Waals surface area contributed by atoms with Crippen LogP contribution in [0.25, 0.3) is 0 Å². The number of carbonyl (C=O) groups is 2. The molecule has 32 heavy (non-hydrogen) atoms. The lowest BCUT2D eigenvalue weighted by Crippen LogP contribution is -2.50. The van der Waals surface area contributed by atoms with E-state index in [1.54, 1.807) is 12.1 Å². The molecule has 1 saturated heterocycles. The van der Waals surface area contributed by atoms with Crippen molar-refractivity contribution in [3.63, 3.8) is 0 Å². The van der Waals surface area contributed by atoms with Crippen molar-refractivity contribution in [2.75, 3.05) is 5.32 Å². The van der Waals surface area contributed by atoms with Crippen molar-refractivity contribution >= 4 is 17.6 Å². The lowest BCUT2D eigenvalue weighted by molar-refractivity contribution is -0.121. The highest BCUT2D eigenvalue weighted by atomic mass is 16.6. The van der Waals surface area contributed by atoms with Gasteiger partial charge in [0.15, 0.2) is 5.60 Å². The molecule has 1 amide bonds. The topological polar surface area (TPSA) is 78.9 Å². The highest BCUT2D eigenvalue weighted by Gasteiger charge is 2.78. The maximum Gasteiger partial charge on any atom is 0.335 e. The highest BCUT2D eigenvalue weighted by Crippen LogP contribution is 2.67. The smallest absolute Gasteiger partial charge is 0.335 e. The lowest BCUT2D eigenvalue weighted by atomic mass is 9.54. The van der Waals surface area contributed by atoms with Crippen molar-refractivity contribution in [1.29, 1.82) is 0 Å². The van der Waals surface area contributed by atoms with Gasteiger partial charge in [0.05, 0.1) is 5.56 Å². The van der Waals surface area contributed by atoms with Crippen molar-refractivity contribution in [2.45, 2.75) is 98.2 Å². The Bertz CT molecular complexity index is 876. The lowest BCUT2D eigenvalue weighted by Gasteiger charge is -2.48. The number of nitrogens with one attached hydrogen (secondary N) is 1. The third-order valence-corrected chi connectivity index (χ3v) is 9.05. The Hall–Kier alpha value is -1.88. The second kappa shape index (κ2) is 8.48. The second-order valence-corrected chi connectivity index (χ2v) is 11.2. The van der Waals surface area contributed by atoms with Crippen molar-refractivity contribution in [3.8, 4) is 0 Å². The van der Waals surface area contributed by atoms with Crippen molar-refractivity contribution in [3.05, 3.63) is 29.8 Å². The van der Waals surface area contributed by atoms with Gasteiger partial charge in [0, 0.05) is 5.69 Å². The number of anilines is 1. The van der Waals surface area contributed by atoms with Crippen LogP contribution in [-0.4, -0.2) is 28.2 Å². The molecule has 2 N–H and O–H groups in total. The molecule has 0 bridgehead atoms. The van der Waals surface area contributed by atoms with Gasteiger partial charge in [-0.2, -0.15) is 0 Å². The van der Waals surface area contributed by atoms with Crippen molar-refractivity contribution in [1.82, 2.24) is 0 Å². The summed E-state index contributed by atoms with van der Waals surface area (Å²) in [4.78, 5) is 24.9. The van der Waals surface area contributed by atoms with Gasteiger partial charge in [-0.1, -0.05) is 67.4 Å². The standard InChI is InChI=1S/C27H41NO4/c1-8-24(4,5)19-14-15-27(21(17-19)25(6,7)9-2)26(10-3,32-27)23(31)28-20-13-11-12-18(16-20)22(29)30/h11-13,16,19,21H,8-10,14-15,17H2,1-7H3,(H,28,31)(H,29,30). The Kier molecular flexibility index (Phi) is 6.56. The number of carboxylic acids is 1. The first kappa shape index (κ1) is 24.8. The predicted molar refractivity (Wildman–Crippen MR) is 128 cm³/mol. The first-order valence-electron chi connectivity index (χ1n) is 12.2. The number of epoxide rings is 1. The van der Waals surface area contributed by atoms with Gasteiger partial charge in [0.25, 0.3) is 5.91 Å². The van der Waals surface area contributed by atoms with E-state index in [0.717, 1.165) is 32.1 Å². The zero-order valence-electron chi connectivity index (χ0n) is 20.9. The number of hydrogen-bond donors (Lipinski definition) is 2. The number of rotatable bonds is 8. The quantitative estimate of drug-likeness (QED) is 0.448. The van der Waals surface area contributed by atoms with Gasteiger partial charge in [0.2, 0.25) is 0 Å². The van der Waals surface area contributed by atoms with Gasteiger partial charge < -0.3 is 15.2 Å². The molecule has 1 aliphatic heterocycles. The molecule has 178 valence electrons. The number of benzene rings is 1. The first-order chi connectivity index (χ1) is 14.9. The summed E-state index contributed by atoms with van der Waals surface area (Å²) in [5.74, 6) is -0.247. The molecule has 4 atom stereocenters. The van der Waals surface area contributed by atoms with Crippen molar-refractivity contribution < 1.29 is 19.4 Å². The van der Waals surface area contributed by atoms with E-state index in [0.29, 0.717) is 23.9 Å². The van der Waals surface area contributed by atoms with Crippen LogP contribution in [0.4, 0.5) is 5.69 Å². The Morgan fingerprint density at radius 2 is 1.78 bits per heavy atom. The molecule has 1 aliphatic carbocycles. The summed E-state index contributed by atoms with van der Waals surface area (Å²) in [6.07, 6.45) is 5.82. The van der Waals surface area contributed by atoms with E-state index in [-0.39, 0.29) is 22.3 Å². The summed E-state index contributed by atoms with van der Waals surface area (Å²) < 4.78 is 6.56. The molecule has 3 rings (SSSR count). The van der Waals surface area contributed by atoms with E-state index in [2.05, 4.69) is 46.9 Å². The summed E-state index contributed by atoms with van der Waals surface area (Å²) in [7, 11) is 0. The van der Waals surface area contributed by atoms with Gasteiger partial charge in [-0.3, -0.25) is 4.79 Å². The Morgan fingerprint density at radius 1 is 1.12 bits per heavy atom. The van der Waals surface area contributed by atoms with Crippen LogP contribution in [0.1, 0.15) is 97.3 Å². The minimum Gasteiger partial charge on any atom is -0.478 e. The second-order valence-electron chi connectivity index (χ2n) is 11.2. The van der Waals surface area contributed by atoms with E-state index >= 15 is 0 Å². The van der Waals surface area contributed by atoms with Crippen LogP contribution in [0.3, 0.4) is 0 Å². The largest absolute Gasteiger partial charge is 0.478 e. The van der Waals surface area contributed by atoms with Gasteiger partial charge in [0.1, 0.15) is 5.60 Å². The van der Waals surface area contributed by atoms with Crippen molar-refractivity contribution in [2.24, 2.45) is 22.7 Å². The van der Waals surface area contributed by atoms with Crippen LogP contribution >= 0.6 is 0 Å². The number of hydrogen-bond acceptors (Lipinski definition) is 3. The molecule has 1 heterocycles. The first-order valence-corrected chi connectivity index (χ1v) is 12.2. The van der Waals surface area contributed by atoms with E-state index < -0.39 is 17.2 Å². The number of carbonyl (C=O) groups excluding carboxylic acids is 1. The zero-order chi connectivity index (χ0) is 23.9. The van der Waals surface area contributed by atoms with Crippen LogP contribution in [0.15, 0.2) is 24.3 Å². The van der Waals surface area contributed by atoms with Gasteiger partial charge in [-0.25, -0.2) is 4.79 Å². The van der Waals surface area contributed by atoms with Crippen LogP contribution in [0, 0.1) is 22.7 Å². The number of ether oxygens (including phenoxy) is 1. The summed E-state index contributed by atoms with van der Waals surface area (Å²) >= 11 is 0. The molecule has 2 aliphatic rings. The summed E-state index contributed by atoms with van der Waals surface area (Å²) in [6, 6.07) is 6.42. The minimum atomic E-state index is -1.01. The Morgan fingerprint density at radius 3 is 2.34 bits per heavy atom. The molecular weight excluding hydrogens is 402 g/mol. The molecule has 4 unspecified atom stereocenters. The monoisotopic (exact) mass is 443 g/mol. The van der Waals surface area contributed by atoms with E-state index in [9.17, 15) is 14.7 Å². The number of aromatic carboxylic acids is 1. The maximum absolute atomic E-state index is 13.6. The number of amides is 1. The van der Waals surface area contributed by atoms with Gasteiger partial charge >= 0.3 is 5.97 Å². The van der Waals surface area contributed by atoms with Crippen LogP contribution in [0.5, 0.6) is 0 Å². The fraction of sp³-hybridized carbons (Fsp3) is 0.704. The molecule has 0 aromatic heterocycles. The van der Waals surface area contributed by atoms with Crippen LogP contribution < -0.4 is 5.32 Å². The van der Waals surface area contributed by atoms with E-state index in [4.69, 9.17) is 4.74 Å². The van der Waals surface area contributed by atoms with Crippen LogP contribution in [0.2, 0.25) is 0 Å². The molecule has 2 fully saturated rings. The van der Waals surface area contributed by atoms with Gasteiger partial charge in [-0.15, -0.1) is 0 Å². The average Bonchev–Trinajstić information content (AvgIpc) is 3.42. The zero-order valence-corrected chi connectivity index (χ0v) is 20.9. The predicted octanol–water partition coefficient (Wildman–Crippen LogP) is 6.53. The molecule has 5 heteroatoms. The van der Waals surface area contributed by atoms with Gasteiger partial charge in [-0.05, 0) is 66.5 Å². The fourth-order valence-corrected chi connectivity index (χ4v) is 5.97. The Balaban J connectivity index is 1.91. The Labute approximate surface area is 193 Å². The summed E-state index contributed by atoms with van der Waals surface area (Å²) in [5, 5.41) is 12.3. The third-order valence-electron chi connectivity index (χ3n) is 9.05. The summed E-state index contributed by atoms with van der Waals surface area (Å²) in [5.41, 5.74) is -0.316. The maximum atomic E-state index is 13.6. The molecular formula is C27H41NO4. The third kappa shape index (κ3) is 3.98. The minimum absolute atomic E-state index is 0.0584.